The molecule has 0 saturated carbocycles. The maximum atomic E-state index is 12.3. The van der Waals surface area contributed by atoms with Crippen molar-refractivity contribution in [2.75, 3.05) is 14.2 Å². The maximum absolute atomic E-state index is 12.3. The molecule has 2 amide bonds. The second-order valence-electron chi connectivity index (χ2n) is 8.23. The largest absolute Gasteiger partial charge is 0.497 e. The second-order valence-corrected chi connectivity index (χ2v) is 8.23. The van der Waals surface area contributed by atoms with Crippen LogP contribution in [0.5, 0.6) is 17.2 Å². The van der Waals surface area contributed by atoms with Crippen molar-refractivity contribution >= 4 is 18.0 Å². The number of amides is 2. The molecule has 1 unspecified atom stereocenters. The first-order valence-corrected chi connectivity index (χ1v) is 11.5. The molecule has 8 heteroatoms. The summed E-state index contributed by atoms with van der Waals surface area (Å²) in [6, 6.07) is 19.9. The highest BCUT2D eigenvalue weighted by Gasteiger charge is 2.15. The van der Waals surface area contributed by atoms with E-state index in [1.807, 2.05) is 37.3 Å². The highest BCUT2D eigenvalue weighted by molar-refractivity contribution is 5.89. The Bertz CT molecular complexity index is 1190. The fourth-order valence-electron chi connectivity index (χ4n) is 3.28. The molecule has 0 aliphatic rings. The number of hydrazone groups is 1. The molecule has 0 bridgehead atoms. The average molecular weight is 490 g/mol. The fourth-order valence-corrected chi connectivity index (χ4v) is 3.28. The van der Waals surface area contributed by atoms with Gasteiger partial charge in [0.25, 0.3) is 5.91 Å². The van der Waals surface area contributed by atoms with Gasteiger partial charge in [0.2, 0.25) is 5.91 Å². The lowest BCUT2D eigenvalue weighted by molar-refractivity contribution is -0.128. The monoisotopic (exact) mass is 489 g/mol. The lowest BCUT2D eigenvalue weighted by atomic mass is 10.1. The number of nitrogens with one attached hydrogen (secondary N) is 2. The van der Waals surface area contributed by atoms with Crippen LogP contribution in [0.1, 0.15) is 29.2 Å². The molecule has 0 saturated heterocycles. The van der Waals surface area contributed by atoms with Crippen LogP contribution in [-0.4, -0.2) is 38.3 Å². The smallest absolute Gasteiger partial charge is 0.262 e. The molecular formula is C28H31N3O5. The summed E-state index contributed by atoms with van der Waals surface area (Å²) >= 11 is 0. The number of ether oxygens (including phenoxy) is 3. The van der Waals surface area contributed by atoms with Gasteiger partial charge in [0.05, 0.1) is 26.9 Å². The lowest BCUT2D eigenvalue weighted by Gasteiger charge is -2.13. The zero-order valence-corrected chi connectivity index (χ0v) is 20.9. The Hall–Kier alpha value is -4.33. The standard InChI is InChI=1S/C28H31N3O5/c1-19-5-7-22(8-6-19)18-36-25-14-11-23(15-26(25)35-4)17-29-31-28(33)20(2)30-27(32)16-21-9-12-24(34-3)13-10-21/h5-15,17,20H,16,18H2,1-4H3,(H,30,32)(H,31,33). The molecule has 0 aliphatic heterocycles. The Labute approximate surface area is 211 Å². The molecule has 8 nitrogen and oxygen atoms in total. The van der Waals surface area contributed by atoms with Crippen molar-refractivity contribution < 1.29 is 23.8 Å². The van der Waals surface area contributed by atoms with E-state index >= 15 is 0 Å². The highest BCUT2D eigenvalue weighted by atomic mass is 16.5. The molecule has 1 atom stereocenters. The number of carbonyl (C=O) groups is 2. The number of carbonyl (C=O) groups excluding carboxylic acids is 2. The van der Waals surface area contributed by atoms with Crippen molar-refractivity contribution in [1.82, 2.24) is 10.7 Å². The molecule has 0 spiro atoms. The van der Waals surface area contributed by atoms with Gasteiger partial charge in [-0.1, -0.05) is 42.0 Å². The van der Waals surface area contributed by atoms with Gasteiger partial charge < -0.3 is 19.5 Å². The van der Waals surface area contributed by atoms with Gasteiger partial charge in [0.15, 0.2) is 11.5 Å². The van der Waals surface area contributed by atoms with Gasteiger partial charge in [-0.3, -0.25) is 9.59 Å². The van der Waals surface area contributed by atoms with E-state index < -0.39 is 11.9 Å². The molecule has 0 radical (unpaired) electrons. The summed E-state index contributed by atoms with van der Waals surface area (Å²) in [5, 5.41) is 6.66. The van der Waals surface area contributed by atoms with Crippen molar-refractivity contribution in [2.45, 2.75) is 32.9 Å². The summed E-state index contributed by atoms with van der Waals surface area (Å²) in [7, 11) is 3.14. The Kier molecular flexibility index (Phi) is 9.45. The molecule has 0 aliphatic carbocycles. The van der Waals surface area contributed by atoms with Gasteiger partial charge in [-0.2, -0.15) is 5.10 Å². The van der Waals surface area contributed by atoms with Gasteiger partial charge in [-0.15, -0.1) is 0 Å². The molecule has 3 aromatic rings. The molecule has 188 valence electrons. The van der Waals surface area contributed by atoms with Crippen LogP contribution in [0.4, 0.5) is 0 Å². The van der Waals surface area contributed by atoms with E-state index in [1.165, 1.54) is 11.8 Å². The summed E-state index contributed by atoms with van der Waals surface area (Å²) in [4.78, 5) is 24.6. The SMILES string of the molecule is COc1ccc(CC(=O)NC(C)C(=O)NN=Cc2ccc(OCc3ccc(C)cc3)c(OC)c2)cc1. The zero-order chi connectivity index (χ0) is 25.9. The van der Waals surface area contributed by atoms with Gasteiger partial charge in [0, 0.05) is 0 Å². The molecule has 0 aromatic heterocycles. The van der Waals surface area contributed by atoms with Crippen LogP contribution in [0, 0.1) is 6.92 Å². The van der Waals surface area contributed by atoms with Crippen LogP contribution in [0.25, 0.3) is 0 Å². The van der Waals surface area contributed by atoms with Crippen molar-refractivity contribution in [3.8, 4) is 17.2 Å². The van der Waals surface area contributed by atoms with E-state index in [2.05, 4.69) is 15.8 Å². The van der Waals surface area contributed by atoms with Crippen molar-refractivity contribution in [2.24, 2.45) is 5.10 Å². The van der Waals surface area contributed by atoms with Crippen molar-refractivity contribution in [3.05, 3.63) is 89.0 Å². The van der Waals surface area contributed by atoms with Crippen LogP contribution >= 0.6 is 0 Å². The molecule has 3 aromatic carbocycles. The molecule has 3 rings (SSSR count). The Morgan fingerprint density at radius 2 is 1.61 bits per heavy atom. The highest BCUT2D eigenvalue weighted by Crippen LogP contribution is 2.28. The summed E-state index contributed by atoms with van der Waals surface area (Å²) in [5.41, 5.74) is 6.23. The Morgan fingerprint density at radius 1 is 0.917 bits per heavy atom. The summed E-state index contributed by atoms with van der Waals surface area (Å²) in [6.07, 6.45) is 1.65. The van der Waals surface area contributed by atoms with E-state index in [-0.39, 0.29) is 12.3 Å². The fraction of sp³-hybridized carbons (Fsp3) is 0.250. The second kappa shape index (κ2) is 12.9. The minimum Gasteiger partial charge on any atom is -0.497 e. The predicted molar refractivity (Wildman–Crippen MR) is 139 cm³/mol. The Morgan fingerprint density at radius 3 is 2.28 bits per heavy atom. The molecule has 0 fully saturated rings. The Balaban J connectivity index is 1.49. The van der Waals surface area contributed by atoms with E-state index in [9.17, 15) is 9.59 Å². The van der Waals surface area contributed by atoms with Crippen LogP contribution < -0.4 is 25.0 Å². The molecule has 2 N–H and O–H groups in total. The first-order chi connectivity index (χ1) is 17.4. The topological polar surface area (TPSA) is 98.2 Å². The predicted octanol–water partition coefficient (Wildman–Crippen LogP) is 3.79. The molecule has 0 heterocycles. The number of hydrogen-bond donors (Lipinski definition) is 2. The minimum atomic E-state index is -0.750. The number of benzene rings is 3. The number of aryl methyl sites for hydroxylation is 1. The zero-order valence-electron chi connectivity index (χ0n) is 20.9. The third-order valence-corrected chi connectivity index (χ3v) is 5.39. The average Bonchev–Trinajstić information content (AvgIpc) is 2.89. The number of rotatable bonds is 11. The summed E-state index contributed by atoms with van der Waals surface area (Å²) in [5.74, 6) is 1.17. The van der Waals surface area contributed by atoms with Crippen molar-refractivity contribution in [3.63, 3.8) is 0 Å². The van der Waals surface area contributed by atoms with Gasteiger partial charge in [-0.25, -0.2) is 5.43 Å². The number of nitrogens with zero attached hydrogens (tertiary/aromatic N) is 1. The first-order valence-electron chi connectivity index (χ1n) is 11.5. The normalized spacial score (nSPS) is 11.6. The minimum absolute atomic E-state index is 0.156. The molecule has 36 heavy (non-hydrogen) atoms. The first kappa shape index (κ1) is 26.3. The van der Waals surface area contributed by atoms with Gasteiger partial charge in [0.1, 0.15) is 18.4 Å². The quantitative estimate of drug-likeness (QED) is 0.316. The van der Waals surface area contributed by atoms with E-state index in [1.54, 1.807) is 57.5 Å². The molecular weight excluding hydrogens is 458 g/mol. The van der Waals surface area contributed by atoms with Crippen LogP contribution in [0.15, 0.2) is 71.8 Å². The van der Waals surface area contributed by atoms with E-state index in [0.29, 0.717) is 29.4 Å². The van der Waals surface area contributed by atoms with Gasteiger partial charge in [-0.05, 0) is 60.9 Å². The number of hydrogen-bond acceptors (Lipinski definition) is 6. The van der Waals surface area contributed by atoms with E-state index in [4.69, 9.17) is 14.2 Å². The van der Waals surface area contributed by atoms with Gasteiger partial charge >= 0.3 is 0 Å². The summed E-state index contributed by atoms with van der Waals surface area (Å²) in [6.45, 7) is 4.05. The third kappa shape index (κ3) is 7.87. The summed E-state index contributed by atoms with van der Waals surface area (Å²) < 4.78 is 16.4. The third-order valence-electron chi connectivity index (χ3n) is 5.39. The van der Waals surface area contributed by atoms with Crippen molar-refractivity contribution in [1.29, 1.82) is 0 Å². The maximum Gasteiger partial charge on any atom is 0.262 e. The van der Waals surface area contributed by atoms with Crippen LogP contribution in [-0.2, 0) is 22.6 Å². The number of methoxy groups -OCH3 is 2. The van der Waals surface area contributed by atoms with Crippen LogP contribution in [0.3, 0.4) is 0 Å². The van der Waals surface area contributed by atoms with Crippen LogP contribution in [0.2, 0.25) is 0 Å². The van der Waals surface area contributed by atoms with E-state index in [0.717, 1.165) is 11.1 Å². The lowest BCUT2D eigenvalue weighted by Crippen LogP contribution is -2.43.